The van der Waals surface area contributed by atoms with Crippen LogP contribution < -0.4 is 14.4 Å². The van der Waals surface area contributed by atoms with Crippen molar-refractivity contribution < 1.29 is 17.9 Å². The van der Waals surface area contributed by atoms with Crippen LogP contribution in [0.3, 0.4) is 0 Å². The van der Waals surface area contributed by atoms with Crippen molar-refractivity contribution >= 4 is 21.6 Å². The predicted molar refractivity (Wildman–Crippen MR) is 105 cm³/mol. The predicted octanol–water partition coefficient (Wildman–Crippen LogP) is 3.03. The average Bonchev–Trinajstić information content (AvgIpc) is 3.10. The highest BCUT2D eigenvalue weighted by molar-refractivity contribution is 7.89. The molecule has 2 aromatic rings. The van der Waals surface area contributed by atoms with Gasteiger partial charge in [-0.05, 0) is 54.8 Å². The molecule has 0 bridgehead atoms. The summed E-state index contributed by atoms with van der Waals surface area (Å²) >= 11 is 0. The number of carbonyl (C=O) groups excluding carboxylic acids is 1. The van der Waals surface area contributed by atoms with Crippen molar-refractivity contribution in [3.63, 3.8) is 0 Å². The van der Waals surface area contributed by atoms with Crippen molar-refractivity contribution in [1.29, 1.82) is 0 Å². The Bertz CT molecular complexity index is 939. The molecule has 0 unspecified atom stereocenters. The summed E-state index contributed by atoms with van der Waals surface area (Å²) in [5, 5.41) is 0. The molecule has 6 nitrogen and oxygen atoms in total. The summed E-state index contributed by atoms with van der Waals surface area (Å²) in [6, 6.07) is 11.8. The highest BCUT2D eigenvalue weighted by Crippen LogP contribution is 2.31. The van der Waals surface area contributed by atoms with Crippen LogP contribution in [0, 0.1) is 0 Å². The molecule has 7 heteroatoms. The maximum atomic E-state index is 12.8. The molecule has 144 valence electrons. The number of ether oxygens (including phenoxy) is 1. The molecular weight excluding hydrogens is 364 g/mol. The van der Waals surface area contributed by atoms with Gasteiger partial charge in [0.05, 0.1) is 12.0 Å². The third kappa shape index (κ3) is 3.99. The molecule has 0 aliphatic carbocycles. The fourth-order valence-corrected chi connectivity index (χ4v) is 4.54. The van der Waals surface area contributed by atoms with Crippen molar-refractivity contribution in [3.05, 3.63) is 53.6 Å². The number of sulfonamides is 1. The van der Waals surface area contributed by atoms with E-state index < -0.39 is 10.0 Å². The van der Waals surface area contributed by atoms with Crippen molar-refractivity contribution in [2.45, 2.75) is 37.6 Å². The second kappa shape index (κ2) is 7.70. The smallest absolute Gasteiger partial charge is 0.241 e. The Kier molecular flexibility index (Phi) is 5.53. The topological polar surface area (TPSA) is 75.7 Å². The number of anilines is 1. The third-order valence-corrected chi connectivity index (χ3v) is 6.35. The van der Waals surface area contributed by atoms with Crippen LogP contribution in [0.15, 0.2) is 47.4 Å². The lowest BCUT2D eigenvalue weighted by Crippen LogP contribution is -2.28. The Hall–Kier alpha value is -2.38. The van der Waals surface area contributed by atoms with E-state index in [0.29, 0.717) is 19.4 Å². The van der Waals surface area contributed by atoms with Gasteiger partial charge in [-0.2, -0.15) is 0 Å². The molecule has 1 N–H and O–H groups in total. The molecule has 0 aromatic heterocycles. The number of methoxy groups -OCH3 is 1. The van der Waals surface area contributed by atoms with Gasteiger partial charge in [-0.25, -0.2) is 13.1 Å². The number of carbonyl (C=O) groups is 1. The molecule has 0 saturated carbocycles. The van der Waals surface area contributed by atoms with E-state index in [2.05, 4.69) is 4.72 Å². The minimum absolute atomic E-state index is 0.0515. The van der Waals surface area contributed by atoms with Crippen LogP contribution in [0.1, 0.15) is 37.4 Å². The molecule has 1 atom stereocenters. The molecule has 1 amide bonds. The lowest BCUT2D eigenvalue weighted by molar-refractivity contribution is -0.118. The van der Waals surface area contributed by atoms with Gasteiger partial charge in [0, 0.05) is 24.7 Å². The van der Waals surface area contributed by atoms with Gasteiger partial charge in [0.2, 0.25) is 15.9 Å². The van der Waals surface area contributed by atoms with Gasteiger partial charge in [-0.3, -0.25) is 4.79 Å². The molecule has 0 fully saturated rings. The zero-order chi connectivity index (χ0) is 19.6. The van der Waals surface area contributed by atoms with Crippen LogP contribution in [-0.4, -0.2) is 28.0 Å². The number of benzene rings is 2. The normalized spacial score (nSPS) is 14.7. The van der Waals surface area contributed by atoms with E-state index in [1.165, 1.54) is 0 Å². The maximum Gasteiger partial charge on any atom is 0.241 e. The zero-order valence-electron chi connectivity index (χ0n) is 15.7. The van der Waals surface area contributed by atoms with E-state index in [0.717, 1.165) is 22.6 Å². The standard InChI is InChI=1S/C20H24N2O4S/c1-4-20(23)22-12-11-16-13-18(9-10-19(16)22)27(24,25)21-14(2)15-5-7-17(26-3)8-6-15/h5-10,13-14,21H,4,11-12H2,1-3H3/t14-/m1/s1. The number of nitrogens with zero attached hydrogens (tertiary/aromatic N) is 1. The maximum absolute atomic E-state index is 12.8. The summed E-state index contributed by atoms with van der Waals surface area (Å²) in [4.78, 5) is 13.9. The Morgan fingerprint density at radius 2 is 1.93 bits per heavy atom. The third-order valence-electron chi connectivity index (χ3n) is 4.81. The lowest BCUT2D eigenvalue weighted by Gasteiger charge is -2.18. The molecule has 1 aliphatic heterocycles. The van der Waals surface area contributed by atoms with Gasteiger partial charge in [0.25, 0.3) is 0 Å². The molecule has 27 heavy (non-hydrogen) atoms. The van der Waals surface area contributed by atoms with Gasteiger partial charge < -0.3 is 9.64 Å². The quantitative estimate of drug-likeness (QED) is 0.825. The first kappa shape index (κ1) is 19.4. The van der Waals surface area contributed by atoms with Crippen LogP contribution in [0.5, 0.6) is 5.75 Å². The minimum atomic E-state index is -3.67. The van der Waals surface area contributed by atoms with Crippen molar-refractivity contribution in [1.82, 2.24) is 4.72 Å². The Morgan fingerprint density at radius 1 is 1.22 bits per heavy atom. The number of nitrogens with one attached hydrogen (secondary N) is 1. The van der Waals surface area contributed by atoms with E-state index >= 15 is 0 Å². The van der Waals surface area contributed by atoms with Crippen LogP contribution in [0.25, 0.3) is 0 Å². The van der Waals surface area contributed by atoms with Gasteiger partial charge in [0.15, 0.2) is 0 Å². The molecule has 3 rings (SSSR count). The molecule has 0 spiro atoms. The monoisotopic (exact) mass is 388 g/mol. The van der Waals surface area contributed by atoms with E-state index in [1.54, 1.807) is 49.3 Å². The molecule has 1 aliphatic rings. The summed E-state index contributed by atoms with van der Waals surface area (Å²) in [6.45, 7) is 4.22. The Morgan fingerprint density at radius 3 is 2.56 bits per heavy atom. The molecule has 1 heterocycles. The number of hydrogen-bond acceptors (Lipinski definition) is 4. The highest BCUT2D eigenvalue weighted by Gasteiger charge is 2.26. The fraction of sp³-hybridized carbons (Fsp3) is 0.350. The SMILES string of the molecule is CCC(=O)N1CCc2cc(S(=O)(=O)N[C@H](C)c3ccc(OC)cc3)ccc21. The Balaban J connectivity index is 1.80. The Labute approximate surface area is 160 Å². The first-order valence-electron chi connectivity index (χ1n) is 8.95. The number of hydrogen-bond donors (Lipinski definition) is 1. The van der Waals surface area contributed by atoms with E-state index in [9.17, 15) is 13.2 Å². The van der Waals surface area contributed by atoms with E-state index in [4.69, 9.17) is 4.74 Å². The molecular formula is C20H24N2O4S. The first-order chi connectivity index (χ1) is 12.9. The summed E-state index contributed by atoms with van der Waals surface area (Å²) in [5.74, 6) is 0.772. The number of amides is 1. The second-order valence-corrected chi connectivity index (χ2v) is 8.27. The van der Waals surface area contributed by atoms with Crippen LogP contribution >= 0.6 is 0 Å². The average molecular weight is 388 g/mol. The van der Waals surface area contributed by atoms with Crippen molar-refractivity contribution in [2.24, 2.45) is 0 Å². The summed E-state index contributed by atoms with van der Waals surface area (Å²) in [6.07, 6.45) is 1.10. The number of fused-ring (bicyclic) bond motifs is 1. The largest absolute Gasteiger partial charge is 0.497 e. The van der Waals surface area contributed by atoms with Crippen LogP contribution in [0.4, 0.5) is 5.69 Å². The lowest BCUT2D eigenvalue weighted by atomic mass is 10.1. The molecule has 0 radical (unpaired) electrons. The fourth-order valence-electron chi connectivity index (χ4n) is 3.26. The first-order valence-corrected chi connectivity index (χ1v) is 10.4. The zero-order valence-corrected chi connectivity index (χ0v) is 16.5. The van der Waals surface area contributed by atoms with E-state index in [1.807, 2.05) is 19.1 Å². The van der Waals surface area contributed by atoms with Crippen molar-refractivity contribution in [3.8, 4) is 5.75 Å². The van der Waals surface area contributed by atoms with Crippen LogP contribution in [-0.2, 0) is 21.2 Å². The summed E-state index contributed by atoms with van der Waals surface area (Å²) in [5.41, 5.74) is 2.54. The van der Waals surface area contributed by atoms with Crippen molar-refractivity contribution in [2.75, 3.05) is 18.6 Å². The highest BCUT2D eigenvalue weighted by atomic mass is 32.2. The van der Waals surface area contributed by atoms with Crippen LogP contribution in [0.2, 0.25) is 0 Å². The van der Waals surface area contributed by atoms with Gasteiger partial charge in [0.1, 0.15) is 5.75 Å². The second-order valence-electron chi connectivity index (χ2n) is 6.56. The molecule has 0 saturated heterocycles. The minimum Gasteiger partial charge on any atom is -0.497 e. The van der Waals surface area contributed by atoms with E-state index in [-0.39, 0.29) is 16.8 Å². The summed E-state index contributed by atoms with van der Waals surface area (Å²) in [7, 11) is -2.09. The summed E-state index contributed by atoms with van der Waals surface area (Å²) < 4.78 is 33.4. The number of rotatable bonds is 6. The van der Waals surface area contributed by atoms with Gasteiger partial charge >= 0.3 is 0 Å². The van der Waals surface area contributed by atoms with Gasteiger partial charge in [-0.15, -0.1) is 0 Å². The molecule has 2 aromatic carbocycles. The van der Waals surface area contributed by atoms with Gasteiger partial charge in [-0.1, -0.05) is 19.1 Å².